The number of nitrogens with zero attached hydrogens (tertiary/aromatic N) is 2. The Labute approximate surface area is 132 Å². The Balaban J connectivity index is 2.07. The van der Waals surface area contributed by atoms with E-state index in [1.54, 1.807) is 7.11 Å². The summed E-state index contributed by atoms with van der Waals surface area (Å²) in [6, 6.07) is 0.140. The normalized spacial score (nSPS) is 43.6. The molecule has 4 atom stereocenters. The number of ether oxygens (including phenoxy) is 1. The van der Waals surface area contributed by atoms with E-state index in [0.29, 0.717) is 6.42 Å². The molecule has 22 heavy (non-hydrogen) atoms. The molecular weight excluding hydrogens is 284 g/mol. The van der Waals surface area contributed by atoms with Crippen LogP contribution in [0.15, 0.2) is 0 Å². The Morgan fingerprint density at radius 2 is 1.82 bits per heavy atom. The van der Waals surface area contributed by atoms with E-state index in [1.165, 1.54) is 5.06 Å². The topological polar surface area (TPSA) is 65.4 Å². The number of hydrogen-bond donors (Lipinski definition) is 2. The maximum Gasteiger partial charge on any atom is 0.191 e. The summed E-state index contributed by atoms with van der Waals surface area (Å²) in [5.74, 6) is -1.35. The quantitative estimate of drug-likeness (QED) is 0.832. The molecule has 0 aromatic heterocycles. The molecule has 2 N–H and O–H groups in total. The van der Waals surface area contributed by atoms with Crippen molar-refractivity contribution < 1.29 is 19.9 Å². The zero-order chi connectivity index (χ0) is 16.3. The maximum absolute atomic E-state index is 11.0. The molecule has 0 amide bonds. The molecule has 6 nitrogen and oxygen atoms in total. The highest BCUT2D eigenvalue weighted by Gasteiger charge is 2.73. The Hall–Kier alpha value is -0.240. The van der Waals surface area contributed by atoms with Crippen LogP contribution < -0.4 is 0 Å². The first-order valence-corrected chi connectivity index (χ1v) is 8.44. The Bertz CT molecular complexity index is 444. The number of fused-ring (bicyclic) bond motifs is 3. The van der Waals surface area contributed by atoms with Gasteiger partial charge in [0.25, 0.3) is 0 Å². The molecule has 1 aliphatic carbocycles. The Morgan fingerprint density at radius 1 is 1.23 bits per heavy atom. The standard InChI is InChI=1S/C16H30N2O4/c1-11(2)15(19)10-16(14(3,4)21-5)17(20)12-8-6-7-9-13(12)18(16)22-15/h11-13,19-20H,6-10H2,1-5H3/t12-,13+,15-,16+/m1/s1. The molecule has 128 valence electrons. The van der Waals surface area contributed by atoms with Gasteiger partial charge in [-0.3, -0.25) is 4.84 Å². The predicted molar refractivity (Wildman–Crippen MR) is 80.8 cm³/mol. The summed E-state index contributed by atoms with van der Waals surface area (Å²) in [5, 5.41) is 25.3. The second-order valence-electron chi connectivity index (χ2n) is 7.89. The van der Waals surface area contributed by atoms with Gasteiger partial charge in [-0.1, -0.05) is 26.7 Å². The van der Waals surface area contributed by atoms with Crippen LogP contribution in [0.4, 0.5) is 0 Å². The summed E-state index contributed by atoms with van der Waals surface area (Å²) in [6.45, 7) is 7.79. The van der Waals surface area contributed by atoms with Crippen LogP contribution in [0.5, 0.6) is 0 Å². The molecule has 1 saturated carbocycles. The van der Waals surface area contributed by atoms with Gasteiger partial charge >= 0.3 is 0 Å². The fraction of sp³-hybridized carbons (Fsp3) is 1.00. The summed E-state index contributed by atoms with van der Waals surface area (Å²) in [5.41, 5.74) is -1.54. The van der Waals surface area contributed by atoms with E-state index in [1.807, 2.05) is 32.8 Å². The molecule has 3 aliphatic rings. The second kappa shape index (κ2) is 5.13. The molecule has 0 aromatic rings. The molecule has 2 aliphatic heterocycles. The first kappa shape index (κ1) is 16.6. The smallest absolute Gasteiger partial charge is 0.191 e. The summed E-state index contributed by atoms with van der Waals surface area (Å²) in [4.78, 5) is 6.07. The van der Waals surface area contributed by atoms with E-state index in [4.69, 9.17) is 9.57 Å². The number of aliphatic hydroxyl groups is 1. The lowest BCUT2D eigenvalue weighted by Crippen LogP contribution is -2.64. The SMILES string of the molecule is COC(C)(C)[C@]12C[C@](O)(C(C)C)ON1[C@H]1CCCC[C@H]1N2O. The van der Waals surface area contributed by atoms with Gasteiger partial charge in [0.05, 0.1) is 17.7 Å². The fourth-order valence-corrected chi connectivity index (χ4v) is 4.39. The van der Waals surface area contributed by atoms with E-state index in [-0.39, 0.29) is 18.0 Å². The van der Waals surface area contributed by atoms with Crippen molar-refractivity contribution in [3.8, 4) is 0 Å². The van der Waals surface area contributed by atoms with E-state index < -0.39 is 17.1 Å². The summed E-state index contributed by atoms with van der Waals surface area (Å²) in [7, 11) is 1.65. The zero-order valence-electron chi connectivity index (χ0n) is 14.4. The molecule has 0 bridgehead atoms. The van der Waals surface area contributed by atoms with Gasteiger partial charge in [0.1, 0.15) is 0 Å². The molecule has 0 unspecified atom stereocenters. The van der Waals surface area contributed by atoms with Crippen LogP contribution in [0.1, 0.15) is 59.8 Å². The number of methoxy groups -OCH3 is 1. The predicted octanol–water partition coefficient (Wildman–Crippen LogP) is 2.11. The molecule has 6 heteroatoms. The molecule has 3 rings (SSSR count). The monoisotopic (exact) mass is 314 g/mol. The molecular formula is C16H30N2O4. The molecule has 0 aromatic carbocycles. The van der Waals surface area contributed by atoms with Gasteiger partial charge in [0.15, 0.2) is 11.4 Å². The minimum atomic E-state index is -1.28. The third kappa shape index (κ3) is 1.95. The minimum absolute atomic E-state index is 0.0416. The zero-order valence-corrected chi connectivity index (χ0v) is 14.4. The van der Waals surface area contributed by atoms with Crippen LogP contribution in [-0.4, -0.2) is 56.7 Å². The van der Waals surface area contributed by atoms with Crippen LogP contribution in [0.25, 0.3) is 0 Å². The summed E-state index contributed by atoms with van der Waals surface area (Å²) < 4.78 is 5.74. The fourth-order valence-electron chi connectivity index (χ4n) is 4.39. The minimum Gasteiger partial charge on any atom is -0.375 e. The number of hydroxylamine groups is 4. The van der Waals surface area contributed by atoms with E-state index in [2.05, 4.69) is 0 Å². The van der Waals surface area contributed by atoms with Crippen molar-refractivity contribution in [3.05, 3.63) is 0 Å². The Morgan fingerprint density at radius 3 is 2.36 bits per heavy atom. The van der Waals surface area contributed by atoms with Crippen molar-refractivity contribution in [1.29, 1.82) is 0 Å². The summed E-state index contributed by atoms with van der Waals surface area (Å²) in [6.07, 6.45) is 4.46. The van der Waals surface area contributed by atoms with Gasteiger partial charge in [-0.05, 0) is 26.7 Å². The van der Waals surface area contributed by atoms with Crippen molar-refractivity contribution in [2.45, 2.75) is 88.9 Å². The molecule has 0 spiro atoms. The second-order valence-corrected chi connectivity index (χ2v) is 7.89. The van der Waals surface area contributed by atoms with Crippen LogP contribution in [0, 0.1) is 5.92 Å². The van der Waals surface area contributed by atoms with Crippen molar-refractivity contribution >= 4 is 0 Å². The lowest BCUT2D eigenvalue weighted by atomic mass is 9.82. The Kier molecular flexibility index (Phi) is 3.87. The van der Waals surface area contributed by atoms with E-state index in [0.717, 1.165) is 25.7 Å². The molecule has 2 heterocycles. The van der Waals surface area contributed by atoms with Gasteiger partial charge in [-0.15, -0.1) is 0 Å². The molecule has 0 radical (unpaired) electrons. The van der Waals surface area contributed by atoms with E-state index >= 15 is 0 Å². The maximum atomic E-state index is 11.0. The van der Waals surface area contributed by atoms with Crippen LogP contribution in [-0.2, 0) is 9.57 Å². The number of rotatable bonds is 3. The van der Waals surface area contributed by atoms with Crippen molar-refractivity contribution in [3.63, 3.8) is 0 Å². The first-order chi connectivity index (χ1) is 10.2. The average Bonchev–Trinajstić information content (AvgIpc) is 2.93. The van der Waals surface area contributed by atoms with Gasteiger partial charge in [0.2, 0.25) is 0 Å². The van der Waals surface area contributed by atoms with Crippen molar-refractivity contribution in [2.24, 2.45) is 5.92 Å². The largest absolute Gasteiger partial charge is 0.375 e. The highest BCUT2D eigenvalue weighted by molar-refractivity contribution is 5.14. The van der Waals surface area contributed by atoms with Gasteiger partial charge in [0, 0.05) is 19.4 Å². The van der Waals surface area contributed by atoms with E-state index in [9.17, 15) is 10.3 Å². The van der Waals surface area contributed by atoms with Crippen molar-refractivity contribution in [1.82, 2.24) is 10.1 Å². The lowest BCUT2D eigenvalue weighted by Gasteiger charge is -2.46. The number of hydrogen-bond acceptors (Lipinski definition) is 6. The molecule has 2 saturated heterocycles. The third-order valence-electron chi connectivity index (χ3n) is 6.19. The highest BCUT2D eigenvalue weighted by atomic mass is 16.8. The van der Waals surface area contributed by atoms with Gasteiger partial charge < -0.3 is 15.1 Å². The third-order valence-corrected chi connectivity index (χ3v) is 6.19. The van der Waals surface area contributed by atoms with Crippen molar-refractivity contribution in [2.75, 3.05) is 7.11 Å². The van der Waals surface area contributed by atoms with Gasteiger partial charge in [-0.2, -0.15) is 10.1 Å². The average molecular weight is 314 g/mol. The highest BCUT2D eigenvalue weighted by Crippen LogP contribution is 2.56. The molecule has 3 fully saturated rings. The lowest BCUT2D eigenvalue weighted by molar-refractivity contribution is -0.338. The van der Waals surface area contributed by atoms with Gasteiger partial charge in [-0.25, -0.2) is 0 Å². The summed E-state index contributed by atoms with van der Waals surface area (Å²) >= 11 is 0. The van der Waals surface area contributed by atoms with Crippen LogP contribution in [0.3, 0.4) is 0 Å². The van der Waals surface area contributed by atoms with Crippen LogP contribution in [0.2, 0.25) is 0 Å². The van der Waals surface area contributed by atoms with Crippen LogP contribution >= 0.6 is 0 Å². The first-order valence-electron chi connectivity index (χ1n) is 8.44.